The van der Waals surface area contributed by atoms with Gasteiger partial charge in [-0.25, -0.2) is 0 Å². The molecule has 0 unspecified atom stereocenters. The Bertz CT molecular complexity index is 1540. The molecule has 0 aliphatic carbocycles. The minimum Gasteiger partial charge on any atom is -0.311 e. The summed E-state index contributed by atoms with van der Waals surface area (Å²) in [7, 11) is 0. The van der Waals surface area contributed by atoms with E-state index in [4.69, 9.17) is 0 Å². The quantitative estimate of drug-likeness (QED) is 0.207. The third kappa shape index (κ3) is 9.58. The van der Waals surface area contributed by atoms with Crippen LogP contribution in [0.4, 0.5) is 17.1 Å². The SMILES string of the molecule is Cc1ccc(-c2ccc(C)cc2)cc1.Cc1ccc(C)cc1.Cc1ccc(N(c2ccccc2)c2ccc(C)cc2)cc1. The van der Waals surface area contributed by atoms with Gasteiger partial charge in [-0.3, -0.25) is 0 Å². The van der Waals surface area contributed by atoms with Gasteiger partial charge in [-0.2, -0.15) is 0 Å². The Morgan fingerprint density at radius 3 is 0.791 bits per heavy atom. The molecule has 216 valence electrons. The van der Waals surface area contributed by atoms with Crippen LogP contribution in [0.25, 0.3) is 11.1 Å². The first-order valence-electron chi connectivity index (χ1n) is 14.9. The van der Waals surface area contributed by atoms with Crippen LogP contribution in [0.5, 0.6) is 0 Å². The zero-order valence-electron chi connectivity index (χ0n) is 26.4. The molecule has 1 nitrogen and oxygen atoms in total. The molecule has 0 amide bonds. The summed E-state index contributed by atoms with van der Waals surface area (Å²) in [6, 6.07) is 53.5. The zero-order chi connectivity index (χ0) is 30.6. The molecule has 0 saturated heterocycles. The summed E-state index contributed by atoms with van der Waals surface area (Å²) in [6.07, 6.45) is 0. The standard InChI is InChI=1S/C20H19N.C14H14.C8H10/c1-16-8-12-19(13-9-16)21(18-6-4-3-5-7-18)20-14-10-17(2)11-15-20;1-11-3-7-13(8-4-11)14-9-5-12(2)6-10-14;1-7-3-5-8(2)6-4-7/h3-15H,1-2H3;3-10H,1-2H3;3-6H,1-2H3. The van der Waals surface area contributed by atoms with E-state index in [0.717, 1.165) is 0 Å². The fraction of sp³-hybridized carbons (Fsp3) is 0.143. The molecule has 0 heterocycles. The van der Waals surface area contributed by atoms with Gasteiger partial charge >= 0.3 is 0 Å². The van der Waals surface area contributed by atoms with Gasteiger partial charge in [0.2, 0.25) is 0 Å². The van der Waals surface area contributed by atoms with E-state index in [9.17, 15) is 0 Å². The lowest BCUT2D eigenvalue weighted by molar-refractivity contribution is 1.27. The average Bonchev–Trinajstić information content (AvgIpc) is 3.03. The second-order valence-electron chi connectivity index (χ2n) is 11.2. The number of hydrogen-bond donors (Lipinski definition) is 0. The molecule has 0 saturated carbocycles. The molecule has 0 atom stereocenters. The lowest BCUT2D eigenvalue weighted by atomic mass is 10.0. The first-order chi connectivity index (χ1) is 20.8. The second-order valence-corrected chi connectivity index (χ2v) is 11.2. The summed E-state index contributed by atoms with van der Waals surface area (Å²) < 4.78 is 0. The summed E-state index contributed by atoms with van der Waals surface area (Å²) in [5.41, 5.74) is 13.9. The number of nitrogens with zero attached hydrogens (tertiary/aromatic N) is 1. The van der Waals surface area contributed by atoms with Gasteiger partial charge < -0.3 is 4.90 Å². The van der Waals surface area contributed by atoms with Gasteiger partial charge in [0.25, 0.3) is 0 Å². The first kappa shape index (κ1) is 31.1. The van der Waals surface area contributed by atoms with Crippen LogP contribution in [-0.4, -0.2) is 0 Å². The molecule has 0 aliphatic heterocycles. The average molecular weight is 562 g/mol. The highest BCUT2D eigenvalue weighted by molar-refractivity contribution is 5.76. The normalized spacial score (nSPS) is 10.1. The third-order valence-corrected chi connectivity index (χ3v) is 7.25. The van der Waals surface area contributed by atoms with Crippen LogP contribution in [0.15, 0.2) is 152 Å². The lowest BCUT2D eigenvalue weighted by Gasteiger charge is -2.25. The van der Waals surface area contributed by atoms with Crippen molar-refractivity contribution in [3.05, 3.63) is 185 Å². The summed E-state index contributed by atoms with van der Waals surface area (Å²) in [6.45, 7) is 12.6. The predicted octanol–water partition coefficient (Wildman–Crippen LogP) is 12.0. The number of aryl methyl sites for hydroxylation is 6. The maximum atomic E-state index is 2.28. The molecule has 1 heteroatoms. The Kier molecular flexibility index (Phi) is 11.1. The van der Waals surface area contributed by atoms with E-state index in [2.05, 4.69) is 192 Å². The minimum atomic E-state index is 1.17. The number of benzene rings is 6. The Hall–Kier alpha value is -4.88. The van der Waals surface area contributed by atoms with E-state index in [1.807, 2.05) is 6.07 Å². The van der Waals surface area contributed by atoms with Crippen LogP contribution in [0.2, 0.25) is 0 Å². The number of hydrogen-bond acceptors (Lipinski definition) is 1. The highest BCUT2D eigenvalue weighted by Crippen LogP contribution is 2.34. The van der Waals surface area contributed by atoms with Crippen LogP contribution >= 0.6 is 0 Å². The summed E-state index contributed by atoms with van der Waals surface area (Å²) in [4.78, 5) is 2.28. The molecule has 0 bridgehead atoms. The molecule has 0 N–H and O–H groups in total. The fourth-order valence-corrected chi connectivity index (χ4v) is 4.54. The zero-order valence-corrected chi connectivity index (χ0v) is 26.4. The Labute approximate surface area is 259 Å². The fourth-order valence-electron chi connectivity index (χ4n) is 4.54. The van der Waals surface area contributed by atoms with Crippen LogP contribution in [0.3, 0.4) is 0 Å². The van der Waals surface area contributed by atoms with Gasteiger partial charge in [-0.05, 0) is 89.1 Å². The monoisotopic (exact) mass is 561 g/mol. The van der Waals surface area contributed by atoms with Gasteiger partial charge in [-0.15, -0.1) is 0 Å². The largest absolute Gasteiger partial charge is 0.311 e. The van der Waals surface area contributed by atoms with Gasteiger partial charge in [0, 0.05) is 17.1 Å². The van der Waals surface area contributed by atoms with E-state index in [1.54, 1.807) is 0 Å². The van der Waals surface area contributed by atoms with E-state index in [1.165, 1.54) is 61.6 Å². The Morgan fingerprint density at radius 1 is 0.256 bits per heavy atom. The maximum absolute atomic E-state index is 2.28. The van der Waals surface area contributed by atoms with Gasteiger partial charge in [-0.1, -0.05) is 149 Å². The molecular formula is C42H43N. The molecule has 0 spiro atoms. The molecule has 0 radical (unpaired) electrons. The Morgan fingerprint density at radius 2 is 0.488 bits per heavy atom. The van der Waals surface area contributed by atoms with E-state index in [-0.39, 0.29) is 0 Å². The predicted molar refractivity (Wildman–Crippen MR) is 188 cm³/mol. The van der Waals surface area contributed by atoms with Gasteiger partial charge in [0.1, 0.15) is 0 Å². The van der Waals surface area contributed by atoms with Gasteiger partial charge in [0.15, 0.2) is 0 Å². The molecule has 6 aromatic rings. The van der Waals surface area contributed by atoms with Crippen LogP contribution in [0, 0.1) is 41.5 Å². The highest BCUT2D eigenvalue weighted by Gasteiger charge is 2.11. The molecule has 43 heavy (non-hydrogen) atoms. The van der Waals surface area contributed by atoms with E-state index in [0.29, 0.717) is 0 Å². The van der Waals surface area contributed by atoms with Crippen molar-refractivity contribution in [1.82, 2.24) is 0 Å². The lowest BCUT2D eigenvalue weighted by Crippen LogP contribution is -2.09. The summed E-state index contributed by atoms with van der Waals surface area (Å²) >= 11 is 0. The van der Waals surface area contributed by atoms with Crippen molar-refractivity contribution in [3.63, 3.8) is 0 Å². The Balaban J connectivity index is 0.000000165. The van der Waals surface area contributed by atoms with Crippen molar-refractivity contribution in [3.8, 4) is 11.1 Å². The summed E-state index contributed by atoms with van der Waals surface area (Å²) in [5.74, 6) is 0. The van der Waals surface area contributed by atoms with E-state index < -0.39 is 0 Å². The van der Waals surface area contributed by atoms with Crippen LogP contribution in [0.1, 0.15) is 33.4 Å². The van der Waals surface area contributed by atoms with Crippen molar-refractivity contribution < 1.29 is 0 Å². The smallest absolute Gasteiger partial charge is 0.0461 e. The van der Waals surface area contributed by atoms with Crippen molar-refractivity contribution in [2.24, 2.45) is 0 Å². The minimum absolute atomic E-state index is 1.17. The second kappa shape index (κ2) is 15.4. The third-order valence-electron chi connectivity index (χ3n) is 7.25. The molecule has 6 aromatic carbocycles. The highest BCUT2D eigenvalue weighted by atomic mass is 15.1. The molecule has 0 aliphatic rings. The molecule has 0 aromatic heterocycles. The van der Waals surface area contributed by atoms with Crippen molar-refractivity contribution in [1.29, 1.82) is 0 Å². The molecule has 0 fully saturated rings. The van der Waals surface area contributed by atoms with Crippen molar-refractivity contribution in [2.75, 3.05) is 4.90 Å². The molecule has 6 rings (SSSR count). The number of anilines is 3. The number of rotatable bonds is 4. The van der Waals surface area contributed by atoms with E-state index >= 15 is 0 Å². The number of para-hydroxylation sites is 1. The van der Waals surface area contributed by atoms with Crippen molar-refractivity contribution >= 4 is 17.1 Å². The summed E-state index contributed by atoms with van der Waals surface area (Å²) in [5, 5.41) is 0. The van der Waals surface area contributed by atoms with Crippen LogP contribution < -0.4 is 4.90 Å². The van der Waals surface area contributed by atoms with Crippen molar-refractivity contribution in [2.45, 2.75) is 41.5 Å². The van der Waals surface area contributed by atoms with Crippen LogP contribution in [-0.2, 0) is 0 Å². The maximum Gasteiger partial charge on any atom is 0.0461 e. The molecular weight excluding hydrogens is 518 g/mol. The topological polar surface area (TPSA) is 3.24 Å². The first-order valence-corrected chi connectivity index (χ1v) is 14.9. The van der Waals surface area contributed by atoms with Gasteiger partial charge in [0.05, 0.1) is 0 Å².